The van der Waals surface area contributed by atoms with Gasteiger partial charge in [0.2, 0.25) is 0 Å². The minimum atomic E-state index is -2.14. The summed E-state index contributed by atoms with van der Waals surface area (Å²) in [6, 6.07) is 6.54. The number of hydrogen-bond acceptors (Lipinski definition) is 8. The zero-order chi connectivity index (χ0) is 32.0. The number of allylic oxidation sites excluding steroid dienone is 4. The molecular formula is C33H41ClF2N2O6. The molecule has 1 aliphatic heterocycles. The van der Waals surface area contributed by atoms with Gasteiger partial charge in [0.25, 0.3) is 0 Å². The van der Waals surface area contributed by atoms with Crippen molar-refractivity contribution < 1.29 is 38.2 Å². The summed E-state index contributed by atoms with van der Waals surface area (Å²) in [6.45, 7) is 3.86. The Labute approximate surface area is 261 Å². The molecule has 0 aromatic heterocycles. The minimum absolute atomic E-state index is 0.0564. The van der Waals surface area contributed by atoms with Crippen LogP contribution in [0.5, 0.6) is 0 Å². The van der Waals surface area contributed by atoms with Crippen molar-refractivity contribution in [2.24, 2.45) is 28.6 Å². The molecule has 11 heteroatoms. The van der Waals surface area contributed by atoms with Gasteiger partial charge in [-0.2, -0.15) is 0 Å². The summed E-state index contributed by atoms with van der Waals surface area (Å²) in [5, 5.41) is 24.9. The first kappa shape index (κ1) is 32.7. The number of hydroxylamine groups is 1. The second kappa shape index (κ2) is 12.3. The van der Waals surface area contributed by atoms with Gasteiger partial charge in [-0.15, -0.1) is 0 Å². The van der Waals surface area contributed by atoms with E-state index in [0.29, 0.717) is 24.3 Å². The van der Waals surface area contributed by atoms with E-state index in [1.165, 1.54) is 18.2 Å². The number of Topliss-reactive ketones (excluding diaryl/α,β-unsaturated/α-hetero) is 1. The number of carbonyl (C=O) groups is 3. The topological polar surface area (TPSA) is 116 Å². The van der Waals surface area contributed by atoms with Crippen molar-refractivity contribution in [2.75, 3.05) is 25.3 Å². The molecule has 5 aliphatic rings. The van der Waals surface area contributed by atoms with E-state index in [9.17, 15) is 19.5 Å². The van der Waals surface area contributed by atoms with Crippen molar-refractivity contribution in [1.82, 2.24) is 5.32 Å². The van der Waals surface area contributed by atoms with Gasteiger partial charge in [0.05, 0.1) is 11.8 Å². The molecule has 4 fully saturated rings. The summed E-state index contributed by atoms with van der Waals surface area (Å²) >= 11 is 5.62. The average molecular weight is 635 g/mol. The predicted octanol–water partition coefficient (Wildman–Crippen LogP) is 4.95. The van der Waals surface area contributed by atoms with Gasteiger partial charge in [0, 0.05) is 29.3 Å². The Balaban J connectivity index is 0.000000328. The molecule has 3 N–H and O–H groups in total. The predicted molar refractivity (Wildman–Crippen MR) is 161 cm³/mol. The SMILES string of the molecule is CC12CC(O)[C@@]3(F)C(C[C@H](F)C4=CC(=O)C=CC43C)C1CC[C@@H]2C(=O)COC(=O)C1CCCN1.CN(O)c1ccc(Cl)cc1. The number of halogens is 3. The fraction of sp³-hybridized carbons (Fsp3) is 0.606. The van der Waals surface area contributed by atoms with Gasteiger partial charge in [-0.05, 0) is 105 Å². The van der Waals surface area contributed by atoms with Crippen LogP contribution in [0.3, 0.4) is 0 Å². The Morgan fingerprint density at radius 3 is 2.50 bits per heavy atom. The standard InChI is InChI=1S/C26H33F2NO5.C7H8ClNO/c1-24-12-22(32)26(28)17(11-19(27)18-10-14(30)7-8-25(18,26)2)15(24)5-6-16(24)21(31)13-34-23(33)20-4-3-9-29-20;1-9(10)7-4-2-6(8)3-5-7/h7-8,10,15-17,19-20,22,29,32H,3-6,9,11-13H2,1-2H3;2-5,10H,1H3/t15?,16-,17?,19+,20?,22?,24?,25?,26+;/m1./s1. The van der Waals surface area contributed by atoms with E-state index in [0.717, 1.165) is 23.7 Å². The maximum Gasteiger partial charge on any atom is 0.323 e. The van der Waals surface area contributed by atoms with E-state index in [1.54, 1.807) is 38.2 Å². The van der Waals surface area contributed by atoms with Gasteiger partial charge >= 0.3 is 5.97 Å². The van der Waals surface area contributed by atoms with E-state index in [1.807, 2.05) is 6.92 Å². The van der Waals surface area contributed by atoms with Crippen molar-refractivity contribution in [3.05, 3.63) is 53.1 Å². The maximum absolute atomic E-state index is 17.0. The number of ketones is 2. The average Bonchev–Trinajstić information content (AvgIpc) is 3.63. The van der Waals surface area contributed by atoms with E-state index in [4.69, 9.17) is 21.5 Å². The number of nitrogens with zero attached hydrogens (tertiary/aromatic N) is 1. The Hall–Kier alpha value is -2.66. The van der Waals surface area contributed by atoms with Crippen molar-refractivity contribution in [1.29, 1.82) is 0 Å². The second-order valence-corrected chi connectivity index (χ2v) is 13.7. The smallest absolute Gasteiger partial charge is 0.323 e. The van der Waals surface area contributed by atoms with Crippen LogP contribution in [-0.4, -0.2) is 72.0 Å². The normalized spacial score (nSPS) is 38.8. The Bertz CT molecular complexity index is 1350. The molecule has 9 atom stereocenters. The number of aliphatic hydroxyl groups excluding tert-OH is 1. The Kier molecular flexibility index (Phi) is 9.12. The van der Waals surface area contributed by atoms with Crippen molar-refractivity contribution >= 4 is 34.8 Å². The molecule has 0 radical (unpaired) electrons. The summed E-state index contributed by atoms with van der Waals surface area (Å²) < 4.78 is 37.7. The summed E-state index contributed by atoms with van der Waals surface area (Å²) in [5.41, 5.74) is -3.46. The van der Waals surface area contributed by atoms with Gasteiger partial charge in [-0.1, -0.05) is 24.6 Å². The lowest BCUT2D eigenvalue weighted by Crippen LogP contribution is -2.68. The zero-order valence-corrected chi connectivity index (χ0v) is 26.0. The number of hydrogen-bond donors (Lipinski definition) is 3. The first-order chi connectivity index (χ1) is 20.7. The largest absolute Gasteiger partial charge is 0.457 e. The number of benzene rings is 1. The molecule has 6 rings (SSSR count). The lowest BCUT2D eigenvalue weighted by molar-refractivity contribution is -0.202. The number of fused-ring (bicyclic) bond motifs is 5. The fourth-order valence-electron chi connectivity index (χ4n) is 8.62. The van der Waals surface area contributed by atoms with Gasteiger partial charge < -0.3 is 15.2 Å². The Morgan fingerprint density at radius 2 is 1.86 bits per heavy atom. The second-order valence-electron chi connectivity index (χ2n) is 13.3. The molecular weight excluding hydrogens is 594 g/mol. The fourth-order valence-corrected chi connectivity index (χ4v) is 8.74. The highest BCUT2D eigenvalue weighted by Crippen LogP contribution is 2.69. The molecule has 240 valence electrons. The van der Waals surface area contributed by atoms with E-state index in [2.05, 4.69) is 5.32 Å². The number of ether oxygens (including phenoxy) is 1. The molecule has 1 aromatic carbocycles. The van der Waals surface area contributed by atoms with Crippen LogP contribution in [-0.2, 0) is 19.1 Å². The van der Waals surface area contributed by atoms with Crippen LogP contribution >= 0.6 is 11.6 Å². The molecule has 4 aliphatic carbocycles. The van der Waals surface area contributed by atoms with Crippen molar-refractivity contribution in [3.63, 3.8) is 0 Å². The summed E-state index contributed by atoms with van der Waals surface area (Å²) in [4.78, 5) is 37.3. The third kappa shape index (κ3) is 5.52. The number of nitrogens with one attached hydrogen (secondary N) is 1. The van der Waals surface area contributed by atoms with Crippen LogP contribution in [0.2, 0.25) is 5.02 Å². The highest BCUT2D eigenvalue weighted by molar-refractivity contribution is 6.30. The summed E-state index contributed by atoms with van der Waals surface area (Å²) in [5.74, 6) is -2.62. The van der Waals surface area contributed by atoms with Crippen LogP contribution in [0.25, 0.3) is 0 Å². The summed E-state index contributed by atoms with van der Waals surface area (Å²) in [6.07, 6.45) is 3.48. The number of rotatable bonds is 5. The first-order valence-corrected chi connectivity index (χ1v) is 15.7. The highest BCUT2D eigenvalue weighted by atomic mass is 35.5. The molecule has 0 bridgehead atoms. The van der Waals surface area contributed by atoms with Gasteiger partial charge in [-0.25, -0.2) is 8.78 Å². The first-order valence-electron chi connectivity index (χ1n) is 15.3. The van der Waals surface area contributed by atoms with Gasteiger partial charge in [0.1, 0.15) is 18.8 Å². The zero-order valence-electron chi connectivity index (χ0n) is 25.3. The molecule has 1 saturated heterocycles. The molecule has 1 heterocycles. The van der Waals surface area contributed by atoms with Crippen LogP contribution in [0.15, 0.2) is 48.1 Å². The van der Waals surface area contributed by atoms with Gasteiger partial charge in [0.15, 0.2) is 17.2 Å². The van der Waals surface area contributed by atoms with Crippen LogP contribution in [0.4, 0.5) is 14.5 Å². The third-order valence-corrected chi connectivity index (χ3v) is 11.2. The number of anilines is 1. The van der Waals surface area contributed by atoms with E-state index >= 15 is 8.78 Å². The molecule has 44 heavy (non-hydrogen) atoms. The number of carbonyl (C=O) groups excluding carboxylic acids is 3. The van der Waals surface area contributed by atoms with E-state index < -0.39 is 46.6 Å². The molecule has 6 unspecified atom stereocenters. The molecule has 3 saturated carbocycles. The molecule has 0 spiro atoms. The minimum Gasteiger partial charge on any atom is -0.457 e. The van der Waals surface area contributed by atoms with E-state index in [-0.39, 0.29) is 48.5 Å². The van der Waals surface area contributed by atoms with Crippen LogP contribution in [0, 0.1) is 28.6 Å². The van der Waals surface area contributed by atoms with Crippen molar-refractivity contribution in [2.45, 2.75) is 76.4 Å². The third-order valence-electron chi connectivity index (χ3n) is 10.9. The van der Waals surface area contributed by atoms with Gasteiger partial charge in [-0.3, -0.25) is 24.7 Å². The molecule has 1 aromatic rings. The molecule has 0 amide bonds. The number of alkyl halides is 2. The number of aliphatic hydroxyl groups is 1. The lowest BCUT2D eigenvalue weighted by Gasteiger charge is -2.62. The maximum atomic E-state index is 17.0. The van der Waals surface area contributed by atoms with Crippen LogP contribution < -0.4 is 10.4 Å². The summed E-state index contributed by atoms with van der Waals surface area (Å²) in [7, 11) is 1.56. The quantitative estimate of drug-likeness (QED) is 0.308. The molecule has 8 nitrogen and oxygen atoms in total. The highest BCUT2D eigenvalue weighted by Gasteiger charge is 2.72. The number of esters is 1. The monoisotopic (exact) mass is 634 g/mol. The van der Waals surface area contributed by atoms with Crippen LogP contribution in [0.1, 0.15) is 52.4 Å². The lowest BCUT2D eigenvalue weighted by atomic mass is 9.45. The Morgan fingerprint density at radius 1 is 1.16 bits per heavy atom. The van der Waals surface area contributed by atoms with Crippen molar-refractivity contribution in [3.8, 4) is 0 Å².